The number of rotatable bonds is 3. The van der Waals surface area contributed by atoms with E-state index >= 15 is 0 Å². The fourth-order valence-corrected chi connectivity index (χ4v) is 7.08. The molecule has 3 atom stereocenters. The first kappa shape index (κ1) is 23.8. The van der Waals surface area contributed by atoms with E-state index in [4.69, 9.17) is 11.6 Å². The van der Waals surface area contributed by atoms with Gasteiger partial charge in [0.1, 0.15) is 11.5 Å². The number of benzene rings is 4. The Labute approximate surface area is 231 Å². The van der Waals surface area contributed by atoms with Crippen LogP contribution in [0.25, 0.3) is 6.08 Å². The zero-order valence-corrected chi connectivity index (χ0v) is 21.9. The SMILES string of the molecule is Cc1ccc(C(=O)[C@H]2[C@H](c3cccc(Cl)c3)C3(C(=O)c4ccccc4C3=O)C3C=Cc4ccccc4N32)cc1. The Morgan fingerprint density at radius 1 is 0.821 bits per heavy atom. The van der Waals surface area contributed by atoms with Crippen molar-refractivity contribution in [3.63, 3.8) is 0 Å². The first-order valence-electron chi connectivity index (χ1n) is 13.0. The number of ketones is 3. The summed E-state index contributed by atoms with van der Waals surface area (Å²) in [7, 11) is 0. The molecule has 7 rings (SSSR count). The van der Waals surface area contributed by atoms with Gasteiger partial charge >= 0.3 is 0 Å². The Bertz CT molecular complexity index is 1690. The minimum Gasteiger partial charge on any atom is -0.352 e. The Morgan fingerprint density at radius 2 is 1.49 bits per heavy atom. The summed E-state index contributed by atoms with van der Waals surface area (Å²) in [5, 5.41) is 0.486. The number of aryl methyl sites for hydroxylation is 1. The summed E-state index contributed by atoms with van der Waals surface area (Å²) in [6.07, 6.45) is 3.90. The molecular weight excluding hydrogens is 506 g/mol. The van der Waals surface area contributed by atoms with Crippen molar-refractivity contribution in [2.24, 2.45) is 5.41 Å². The normalized spacial score (nSPS) is 22.1. The summed E-state index contributed by atoms with van der Waals surface area (Å²) in [5.74, 6) is -1.39. The van der Waals surface area contributed by atoms with Crippen molar-refractivity contribution in [1.29, 1.82) is 0 Å². The Kier molecular flexibility index (Phi) is 5.26. The number of para-hydroxylation sites is 1. The van der Waals surface area contributed by atoms with E-state index in [1.54, 1.807) is 36.4 Å². The molecule has 4 aromatic carbocycles. The van der Waals surface area contributed by atoms with Gasteiger partial charge in [-0.3, -0.25) is 14.4 Å². The van der Waals surface area contributed by atoms with E-state index in [1.165, 1.54) is 0 Å². The molecule has 190 valence electrons. The molecule has 0 bridgehead atoms. The van der Waals surface area contributed by atoms with E-state index in [-0.39, 0.29) is 17.3 Å². The van der Waals surface area contributed by atoms with E-state index in [0.717, 1.165) is 16.8 Å². The van der Waals surface area contributed by atoms with Crippen LogP contribution < -0.4 is 4.90 Å². The lowest BCUT2D eigenvalue weighted by molar-refractivity contribution is 0.0666. The van der Waals surface area contributed by atoms with Crippen LogP contribution in [-0.4, -0.2) is 29.4 Å². The fourth-order valence-electron chi connectivity index (χ4n) is 6.88. The van der Waals surface area contributed by atoms with Gasteiger partial charge in [-0.2, -0.15) is 0 Å². The van der Waals surface area contributed by atoms with Crippen molar-refractivity contribution in [3.05, 3.63) is 142 Å². The molecule has 1 unspecified atom stereocenters. The molecule has 1 spiro atoms. The third-order valence-electron chi connectivity index (χ3n) is 8.53. The van der Waals surface area contributed by atoms with Gasteiger partial charge in [-0.25, -0.2) is 0 Å². The molecule has 3 aliphatic rings. The van der Waals surface area contributed by atoms with E-state index in [9.17, 15) is 14.4 Å². The van der Waals surface area contributed by atoms with Gasteiger partial charge in [0.05, 0.1) is 6.04 Å². The quantitative estimate of drug-likeness (QED) is 0.212. The molecule has 4 aromatic rings. The smallest absolute Gasteiger partial charge is 0.185 e. The van der Waals surface area contributed by atoms with Crippen molar-refractivity contribution >= 4 is 40.7 Å². The number of fused-ring (bicyclic) bond motifs is 5. The minimum absolute atomic E-state index is 0.136. The van der Waals surface area contributed by atoms with Crippen molar-refractivity contribution in [1.82, 2.24) is 0 Å². The molecule has 0 aromatic heterocycles. The Hall–Kier alpha value is -4.28. The lowest BCUT2D eigenvalue weighted by atomic mass is 9.64. The highest BCUT2D eigenvalue weighted by molar-refractivity contribution is 6.32. The molecule has 5 heteroatoms. The predicted molar refractivity (Wildman–Crippen MR) is 153 cm³/mol. The largest absolute Gasteiger partial charge is 0.352 e. The first-order chi connectivity index (χ1) is 18.9. The molecule has 1 fully saturated rings. The maximum atomic E-state index is 14.6. The van der Waals surface area contributed by atoms with E-state index in [0.29, 0.717) is 27.3 Å². The summed E-state index contributed by atoms with van der Waals surface area (Å²) in [6, 6.07) is 28.1. The van der Waals surface area contributed by atoms with Crippen molar-refractivity contribution in [2.75, 3.05) is 4.90 Å². The molecule has 0 radical (unpaired) electrons. The standard InChI is InChI=1S/C34H24ClNO3/c1-20-13-15-22(16-14-20)31(37)30-29(23-8-6-9-24(35)19-23)34(32(38)25-10-3-4-11-26(25)33(34)39)28-18-17-21-7-2-5-12-27(21)36(28)30/h2-19,28-30H,1H3/t28?,29-,30+/m0/s1. The van der Waals surface area contributed by atoms with Crippen molar-refractivity contribution in [2.45, 2.75) is 24.9 Å². The van der Waals surface area contributed by atoms with Gasteiger partial charge in [0.2, 0.25) is 0 Å². The maximum Gasteiger partial charge on any atom is 0.185 e. The Balaban J connectivity index is 1.55. The third-order valence-corrected chi connectivity index (χ3v) is 8.76. The van der Waals surface area contributed by atoms with Crippen LogP contribution in [0.5, 0.6) is 0 Å². The number of nitrogens with zero attached hydrogens (tertiary/aromatic N) is 1. The summed E-state index contributed by atoms with van der Waals surface area (Å²) in [4.78, 5) is 45.8. The summed E-state index contributed by atoms with van der Waals surface area (Å²) >= 11 is 6.49. The zero-order valence-electron chi connectivity index (χ0n) is 21.2. The van der Waals surface area contributed by atoms with Gasteiger partial charge in [-0.15, -0.1) is 0 Å². The molecule has 2 heterocycles. The average Bonchev–Trinajstić information content (AvgIpc) is 3.39. The molecule has 0 saturated carbocycles. The molecule has 1 saturated heterocycles. The molecular formula is C34H24ClNO3. The van der Waals surface area contributed by atoms with E-state index in [2.05, 4.69) is 0 Å². The Morgan fingerprint density at radius 3 is 2.18 bits per heavy atom. The molecule has 1 aliphatic carbocycles. The van der Waals surface area contributed by atoms with Crippen LogP contribution >= 0.6 is 11.6 Å². The van der Waals surface area contributed by atoms with Gasteiger partial charge in [0, 0.05) is 33.3 Å². The highest BCUT2D eigenvalue weighted by Gasteiger charge is 2.71. The average molecular weight is 530 g/mol. The topological polar surface area (TPSA) is 54.5 Å². The number of Topliss-reactive ketones (excluding diaryl/α,β-unsaturated/α-hetero) is 3. The van der Waals surface area contributed by atoms with Crippen LogP contribution in [0.2, 0.25) is 5.02 Å². The van der Waals surface area contributed by atoms with Gasteiger partial charge in [-0.1, -0.05) is 108 Å². The molecule has 4 nitrogen and oxygen atoms in total. The van der Waals surface area contributed by atoms with Crippen molar-refractivity contribution < 1.29 is 14.4 Å². The second-order valence-corrected chi connectivity index (χ2v) is 11.0. The molecule has 39 heavy (non-hydrogen) atoms. The van der Waals surface area contributed by atoms with E-state index < -0.39 is 23.4 Å². The second kappa shape index (κ2) is 8.62. The predicted octanol–water partition coefficient (Wildman–Crippen LogP) is 6.96. The third kappa shape index (κ3) is 3.22. The summed E-state index contributed by atoms with van der Waals surface area (Å²) in [6.45, 7) is 1.97. The fraction of sp³-hybridized carbons (Fsp3) is 0.147. The highest BCUT2D eigenvalue weighted by atomic mass is 35.5. The number of hydrogen-bond donors (Lipinski definition) is 0. The van der Waals surface area contributed by atoms with Gasteiger partial charge in [0.25, 0.3) is 0 Å². The lowest BCUT2D eigenvalue weighted by Gasteiger charge is -2.37. The van der Waals surface area contributed by atoms with Crippen molar-refractivity contribution in [3.8, 4) is 0 Å². The minimum atomic E-state index is -1.52. The second-order valence-electron chi connectivity index (χ2n) is 10.6. The molecule has 0 N–H and O–H groups in total. The summed E-state index contributed by atoms with van der Waals surface area (Å²) in [5.41, 5.74) is 3.34. The van der Waals surface area contributed by atoms with Gasteiger partial charge in [0.15, 0.2) is 17.3 Å². The van der Waals surface area contributed by atoms with Crippen LogP contribution in [0, 0.1) is 12.3 Å². The van der Waals surface area contributed by atoms with Crippen LogP contribution in [-0.2, 0) is 0 Å². The number of carbonyl (C=O) groups excluding carboxylic acids is 3. The van der Waals surface area contributed by atoms with Gasteiger partial charge in [-0.05, 0) is 36.2 Å². The number of carbonyl (C=O) groups is 3. The van der Waals surface area contributed by atoms with Gasteiger partial charge < -0.3 is 4.90 Å². The maximum absolute atomic E-state index is 14.6. The van der Waals surface area contributed by atoms with E-state index in [1.807, 2.05) is 84.6 Å². The zero-order chi connectivity index (χ0) is 26.9. The number of hydrogen-bond acceptors (Lipinski definition) is 4. The number of halogens is 1. The number of anilines is 1. The van der Waals surface area contributed by atoms with Crippen LogP contribution in [0.15, 0.2) is 103 Å². The molecule has 2 aliphatic heterocycles. The molecule has 0 amide bonds. The highest BCUT2D eigenvalue weighted by Crippen LogP contribution is 2.61. The lowest BCUT2D eigenvalue weighted by Crippen LogP contribution is -2.48. The summed E-state index contributed by atoms with van der Waals surface area (Å²) < 4.78 is 0. The van der Waals surface area contributed by atoms with Crippen LogP contribution in [0.3, 0.4) is 0 Å². The van der Waals surface area contributed by atoms with Crippen LogP contribution in [0.1, 0.15) is 53.7 Å². The monoisotopic (exact) mass is 529 g/mol. The first-order valence-corrected chi connectivity index (χ1v) is 13.4. The van der Waals surface area contributed by atoms with Crippen LogP contribution in [0.4, 0.5) is 5.69 Å².